The molecule has 0 saturated carbocycles. The molecule has 0 aliphatic carbocycles. The first-order valence-electron chi connectivity index (χ1n) is 7.77. The van der Waals surface area contributed by atoms with Gasteiger partial charge in [-0.3, -0.25) is 0 Å². The Morgan fingerprint density at radius 3 is 2.30 bits per heavy atom. The zero-order chi connectivity index (χ0) is 16.6. The molecule has 3 rings (SSSR count). The van der Waals surface area contributed by atoms with E-state index < -0.39 is 0 Å². The van der Waals surface area contributed by atoms with E-state index in [1.807, 2.05) is 6.07 Å². The molecule has 0 aliphatic rings. The number of aryl methyl sites for hydroxylation is 1. The molecule has 0 amide bonds. The lowest BCUT2D eigenvalue weighted by molar-refractivity contribution is 0.627. The van der Waals surface area contributed by atoms with Crippen LogP contribution >= 0.6 is 0 Å². The van der Waals surface area contributed by atoms with E-state index in [9.17, 15) is 4.39 Å². The minimum Gasteiger partial charge on any atom is -0.380 e. The topological polar surface area (TPSA) is 24.9 Å². The predicted octanol–water partition coefficient (Wildman–Crippen LogP) is 5.56. The van der Waals surface area contributed by atoms with Crippen molar-refractivity contribution in [2.75, 3.05) is 5.32 Å². The van der Waals surface area contributed by atoms with Crippen LogP contribution in [0.4, 0.5) is 10.1 Å². The fourth-order valence-corrected chi connectivity index (χ4v) is 2.58. The monoisotopic (exact) mass is 308 g/mol. The molecule has 0 aliphatic heterocycles. The summed E-state index contributed by atoms with van der Waals surface area (Å²) in [4.78, 5) is 4.70. The van der Waals surface area contributed by atoms with Crippen molar-refractivity contribution in [3.8, 4) is 11.3 Å². The summed E-state index contributed by atoms with van der Waals surface area (Å²) in [6.45, 7) is 8.32. The third kappa shape index (κ3) is 3.50. The van der Waals surface area contributed by atoms with Crippen LogP contribution < -0.4 is 5.32 Å². The minimum atomic E-state index is -0.251. The van der Waals surface area contributed by atoms with Crippen LogP contribution in [0.15, 0.2) is 48.5 Å². The lowest BCUT2D eigenvalue weighted by Crippen LogP contribution is -2.26. The Morgan fingerprint density at radius 1 is 0.957 bits per heavy atom. The van der Waals surface area contributed by atoms with Gasteiger partial charge in [-0.1, -0.05) is 29.8 Å². The molecule has 0 radical (unpaired) electrons. The van der Waals surface area contributed by atoms with E-state index in [-0.39, 0.29) is 11.4 Å². The second-order valence-corrected chi connectivity index (χ2v) is 6.96. The van der Waals surface area contributed by atoms with E-state index in [0.717, 1.165) is 27.8 Å². The van der Waals surface area contributed by atoms with Crippen molar-refractivity contribution < 1.29 is 4.39 Å². The van der Waals surface area contributed by atoms with Gasteiger partial charge in [-0.25, -0.2) is 9.37 Å². The van der Waals surface area contributed by atoms with Gasteiger partial charge < -0.3 is 5.32 Å². The smallest absolute Gasteiger partial charge is 0.124 e. The Morgan fingerprint density at radius 2 is 1.65 bits per heavy atom. The van der Waals surface area contributed by atoms with Gasteiger partial charge in [0.25, 0.3) is 0 Å². The van der Waals surface area contributed by atoms with Crippen LogP contribution in [0, 0.1) is 12.7 Å². The molecule has 118 valence electrons. The van der Waals surface area contributed by atoms with Gasteiger partial charge in [0.15, 0.2) is 0 Å². The summed E-state index contributed by atoms with van der Waals surface area (Å²) in [6, 6.07) is 15.0. The molecular formula is C20H21FN2. The van der Waals surface area contributed by atoms with Crippen molar-refractivity contribution in [2.24, 2.45) is 0 Å². The lowest BCUT2D eigenvalue weighted by atomic mass is 10.0. The molecule has 23 heavy (non-hydrogen) atoms. The molecule has 0 spiro atoms. The summed E-state index contributed by atoms with van der Waals surface area (Å²) < 4.78 is 13.7. The molecule has 2 aromatic carbocycles. The fourth-order valence-electron chi connectivity index (χ4n) is 2.58. The number of fused-ring (bicyclic) bond motifs is 1. The average Bonchev–Trinajstić information content (AvgIpc) is 2.47. The van der Waals surface area contributed by atoms with Gasteiger partial charge >= 0.3 is 0 Å². The van der Waals surface area contributed by atoms with E-state index in [2.05, 4.69) is 57.3 Å². The van der Waals surface area contributed by atoms with Gasteiger partial charge in [0, 0.05) is 22.2 Å². The molecule has 1 aromatic heterocycles. The van der Waals surface area contributed by atoms with Gasteiger partial charge in [0.1, 0.15) is 5.82 Å². The molecular weight excluding hydrogens is 287 g/mol. The minimum absolute atomic E-state index is 0.120. The standard InChI is InChI=1S/C20H21FN2/c1-13-5-7-14(8-6-13)18-12-19(23-20(2,3)4)16-11-15(21)9-10-17(16)22-18/h5-12H,1-4H3,(H,22,23). The zero-order valence-corrected chi connectivity index (χ0v) is 13.9. The van der Waals surface area contributed by atoms with Crippen molar-refractivity contribution in [2.45, 2.75) is 33.2 Å². The highest BCUT2D eigenvalue weighted by Gasteiger charge is 2.14. The molecule has 2 nitrogen and oxygen atoms in total. The zero-order valence-electron chi connectivity index (χ0n) is 13.9. The van der Waals surface area contributed by atoms with Gasteiger partial charge in [-0.05, 0) is 52.0 Å². The third-order valence-corrected chi connectivity index (χ3v) is 3.63. The molecule has 3 aromatic rings. The number of anilines is 1. The first-order chi connectivity index (χ1) is 10.8. The number of hydrogen-bond donors (Lipinski definition) is 1. The number of rotatable bonds is 2. The van der Waals surface area contributed by atoms with E-state index in [4.69, 9.17) is 4.98 Å². The molecule has 1 heterocycles. The fraction of sp³-hybridized carbons (Fsp3) is 0.250. The van der Waals surface area contributed by atoms with Crippen LogP contribution in [0.5, 0.6) is 0 Å². The van der Waals surface area contributed by atoms with E-state index in [1.54, 1.807) is 6.07 Å². The maximum atomic E-state index is 13.7. The van der Waals surface area contributed by atoms with Gasteiger partial charge in [-0.2, -0.15) is 0 Å². The number of nitrogens with one attached hydrogen (secondary N) is 1. The second-order valence-electron chi connectivity index (χ2n) is 6.96. The predicted molar refractivity (Wildman–Crippen MR) is 95.2 cm³/mol. The Bertz CT molecular complexity index is 846. The maximum absolute atomic E-state index is 13.7. The number of pyridine rings is 1. The quantitative estimate of drug-likeness (QED) is 0.670. The largest absolute Gasteiger partial charge is 0.380 e. The highest BCUT2D eigenvalue weighted by atomic mass is 19.1. The summed E-state index contributed by atoms with van der Waals surface area (Å²) in [7, 11) is 0. The number of halogens is 1. The van der Waals surface area contributed by atoms with Crippen LogP contribution in [0.3, 0.4) is 0 Å². The Labute approximate surface area is 136 Å². The summed E-state index contributed by atoms with van der Waals surface area (Å²) in [5.41, 5.74) is 4.72. The van der Waals surface area contributed by atoms with Crippen LogP contribution in [0.1, 0.15) is 26.3 Å². The van der Waals surface area contributed by atoms with Gasteiger partial charge in [0.05, 0.1) is 11.2 Å². The first kappa shape index (κ1) is 15.5. The molecule has 0 atom stereocenters. The number of benzene rings is 2. The normalized spacial score (nSPS) is 11.7. The Kier molecular flexibility index (Phi) is 3.80. The van der Waals surface area contributed by atoms with Crippen molar-refractivity contribution in [1.82, 2.24) is 4.98 Å². The highest BCUT2D eigenvalue weighted by Crippen LogP contribution is 2.30. The van der Waals surface area contributed by atoms with Crippen molar-refractivity contribution in [3.05, 3.63) is 59.9 Å². The SMILES string of the molecule is Cc1ccc(-c2cc(NC(C)(C)C)c3cc(F)ccc3n2)cc1. The van der Waals surface area contributed by atoms with Crippen LogP contribution in [-0.4, -0.2) is 10.5 Å². The first-order valence-corrected chi connectivity index (χ1v) is 7.77. The van der Waals surface area contributed by atoms with E-state index in [1.165, 1.54) is 17.7 Å². The summed E-state index contributed by atoms with van der Waals surface area (Å²) >= 11 is 0. The van der Waals surface area contributed by atoms with E-state index in [0.29, 0.717) is 0 Å². The summed E-state index contributed by atoms with van der Waals surface area (Å²) in [6.07, 6.45) is 0. The molecule has 0 bridgehead atoms. The Hall–Kier alpha value is -2.42. The number of hydrogen-bond acceptors (Lipinski definition) is 2. The van der Waals surface area contributed by atoms with Crippen molar-refractivity contribution in [1.29, 1.82) is 0 Å². The van der Waals surface area contributed by atoms with Crippen LogP contribution in [0.25, 0.3) is 22.2 Å². The number of nitrogens with zero attached hydrogens (tertiary/aromatic N) is 1. The third-order valence-electron chi connectivity index (χ3n) is 3.63. The number of aromatic nitrogens is 1. The summed E-state index contributed by atoms with van der Waals surface area (Å²) in [5, 5.41) is 4.27. The van der Waals surface area contributed by atoms with Crippen molar-refractivity contribution >= 4 is 16.6 Å². The van der Waals surface area contributed by atoms with Crippen molar-refractivity contribution in [3.63, 3.8) is 0 Å². The highest BCUT2D eigenvalue weighted by molar-refractivity contribution is 5.94. The lowest BCUT2D eigenvalue weighted by Gasteiger charge is -2.24. The molecule has 0 unspecified atom stereocenters. The van der Waals surface area contributed by atoms with Crippen LogP contribution in [0.2, 0.25) is 0 Å². The maximum Gasteiger partial charge on any atom is 0.124 e. The second kappa shape index (κ2) is 5.65. The van der Waals surface area contributed by atoms with Gasteiger partial charge in [-0.15, -0.1) is 0 Å². The Balaban J connectivity index is 2.20. The molecule has 0 fully saturated rings. The molecule has 1 N–H and O–H groups in total. The average molecular weight is 308 g/mol. The van der Waals surface area contributed by atoms with E-state index >= 15 is 0 Å². The molecule has 3 heteroatoms. The van der Waals surface area contributed by atoms with Gasteiger partial charge in [0.2, 0.25) is 0 Å². The van der Waals surface area contributed by atoms with Crippen LogP contribution in [-0.2, 0) is 0 Å². The summed E-state index contributed by atoms with van der Waals surface area (Å²) in [5.74, 6) is -0.251. The molecule has 0 saturated heterocycles.